The number of amides is 1. The molecule has 2 aliphatic rings. The third-order valence-electron chi connectivity index (χ3n) is 5.84. The largest absolute Gasteiger partial charge is 0.491 e. The molecule has 24 heavy (non-hydrogen) atoms. The number of hydrogen-bond acceptors (Lipinski definition) is 3. The van der Waals surface area contributed by atoms with Gasteiger partial charge in [-0.05, 0) is 62.5 Å². The first-order valence-corrected chi connectivity index (χ1v) is 9.28. The second kappa shape index (κ2) is 7.56. The fourth-order valence-electron chi connectivity index (χ4n) is 4.50. The molecule has 1 amide bonds. The lowest BCUT2D eigenvalue weighted by molar-refractivity contribution is -0.128. The number of aryl methyl sites for hydroxylation is 2. The van der Waals surface area contributed by atoms with Crippen molar-refractivity contribution in [3.05, 3.63) is 29.3 Å². The van der Waals surface area contributed by atoms with E-state index in [4.69, 9.17) is 10.5 Å². The Morgan fingerprint density at radius 2 is 1.83 bits per heavy atom. The summed E-state index contributed by atoms with van der Waals surface area (Å²) in [4.78, 5) is 12.5. The van der Waals surface area contributed by atoms with Crippen molar-refractivity contribution in [1.82, 2.24) is 5.32 Å². The van der Waals surface area contributed by atoms with Gasteiger partial charge in [0.15, 0.2) is 0 Å². The number of rotatable bonds is 5. The zero-order valence-corrected chi connectivity index (χ0v) is 14.9. The SMILES string of the molecule is Cc1cccc(C)c1OCCNC(=O)C1CC2CCCC(C1)C2N. The minimum Gasteiger partial charge on any atom is -0.491 e. The van der Waals surface area contributed by atoms with Gasteiger partial charge in [-0.25, -0.2) is 0 Å². The maximum absolute atomic E-state index is 12.5. The second-order valence-electron chi connectivity index (χ2n) is 7.56. The molecule has 2 atom stereocenters. The van der Waals surface area contributed by atoms with Crippen molar-refractivity contribution in [3.8, 4) is 5.75 Å². The number of para-hydroxylation sites is 1. The number of nitrogens with two attached hydrogens (primary N) is 1. The van der Waals surface area contributed by atoms with Crippen molar-refractivity contribution < 1.29 is 9.53 Å². The summed E-state index contributed by atoms with van der Waals surface area (Å²) in [5.41, 5.74) is 8.58. The second-order valence-corrected chi connectivity index (χ2v) is 7.56. The van der Waals surface area contributed by atoms with Crippen LogP contribution in [-0.4, -0.2) is 25.1 Å². The Morgan fingerprint density at radius 3 is 2.46 bits per heavy atom. The van der Waals surface area contributed by atoms with Crippen LogP contribution in [0.3, 0.4) is 0 Å². The quantitative estimate of drug-likeness (QED) is 0.816. The van der Waals surface area contributed by atoms with E-state index in [0.717, 1.165) is 29.7 Å². The van der Waals surface area contributed by atoms with Gasteiger partial charge in [0.25, 0.3) is 0 Å². The average Bonchev–Trinajstić information content (AvgIpc) is 2.53. The van der Waals surface area contributed by atoms with Gasteiger partial charge in [0.1, 0.15) is 12.4 Å². The van der Waals surface area contributed by atoms with E-state index in [9.17, 15) is 4.79 Å². The Balaban J connectivity index is 1.45. The molecule has 0 heterocycles. The minimum absolute atomic E-state index is 0.139. The zero-order chi connectivity index (χ0) is 17.1. The number of carbonyl (C=O) groups is 1. The predicted octanol–water partition coefficient (Wildman–Crippen LogP) is 2.95. The van der Waals surface area contributed by atoms with Gasteiger partial charge in [-0.1, -0.05) is 24.6 Å². The topological polar surface area (TPSA) is 64.3 Å². The highest BCUT2D eigenvalue weighted by molar-refractivity contribution is 5.78. The van der Waals surface area contributed by atoms with E-state index >= 15 is 0 Å². The van der Waals surface area contributed by atoms with Gasteiger partial charge in [0.2, 0.25) is 5.91 Å². The van der Waals surface area contributed by atoms with Gasteiger partial charge in [0.05, 0.1) is 6.54 Å². The minimum atomic E-state index is 0.139. The monoisotopic (exact) mass is 330 g/mol. The Bertz CT molecular complexity index is 553. The number of fused-ring (bicyclic) bond motifs is 2. The Kier molecular flexibility index (Phi) is 5.44. The van der Waals surface area contributed by atoms with Crippen LogP contribution in [0, 0.1) is 31.6 Å². The standard InChI is InChI=1S/C20H30N2O2/c1-13-5-3-6-14(2)19(13)24-10-9-22-20(23)17-11-15-7-4-8-16(12-17)18(15)21/h3,5-6,15-18H,4,7-12,21H2,1-2H3,(H,22,23). The first kappa shape index (κ1) is 17.3. The average molecular weight is 330 g/mol. The van der Waals surface area contributed by atoms with Crippen LogP contribution in [0.2, 0.25) is 0 Å². The first-order chi connectivity index (χ1) is 11.6. The van der Waals surface area contributed by atoms with E-state index in [2.05, 4.69) is 5.32 Å². The van der Waals surface area contributed by atoms with Crippen LogP contribution in [0.1, 0.15) is 43.2 Å². The maximum atomic E-state index is 12.5. The van der Waals surface area contributed by atoms with Crippen LogP contribution in [0.15, 0.2) is 18.2 Å². The molecule has 1 aromatic rings. The molecular weight excluding hydrogens is 300 g/mol. The van der Waals surface area contributed by atoms with Crippen LogP contribution in [-0.2, 0) is 4.79 Å². The van der Waals surface area contributed by atoms with Gasteiger partial charge in [-0.15, -0.1) is 0 Å². The summed E-state index contributed by atoms with van der Waals surface area (Å²) >= 11 is 0. The lowest BCUT2D eigenvalue weighted by atomic mass is 9.65. The van der Waals surface area contributed by atoms with E-state index in [0.29, 0.717) is 31.0 Å². The van der Waals surface area contributed by atoms with Crippen LogP contribution in [0.5, 0.6) is 5.75 Å². The van der Waals surface area contributed by atoms with Gasteiger partial charge in [0, 0.05) is 12.0 Å². The van der Waals surface area contributed by atoms with Crippen molar-refractivity contribution in [3.63, 3.8) is 0 Å². The molecule has 4 nitrogen and oxygen atoms in total. The molecule has 0 aromatic heterocycles. The van der Waals surface area contributed by atoms with E-state index in [1.165, 1.54) is 19.3 Å². The third kappa shape index (κ3) is 3.75. The van der Waals surface area contributed by atoms with E-state index in [1.54, 1.807) is 0 Å². The summed E-state index contributed by atoms with van der Waals surface area (Å²) in [5, 5.41) is 3.06. The number of hydrogen-bond donors (Lipinski definition) is 2. The summed E-state index contributed by atoms with van der Waals surface area (Å²) in [5.74, 6) is 2.34. The Hall–Kier alpha value is -1.55. The van der Waals surface area contributed by atoms with Crippen molar-refractivity contribution in [2.24, 2.45) is 23.5 Å². The Morgan fingerprint density at radius 1 is 1.21 bits per heavy atom. The molecule has 0 saturated heterocycles. The normalized spacial score (nSPS) is 29.1. The van der Waals surface area contributed by atoms with E-state index in [-0.39, 0.29) is 11.8 Å². The van der Waals surface area contributed by atoms with Crippen molar-refractivity contribution in [2.45, 2.75) is 52.0 Å². The fourth-order valence-corrected chi connectivity index (χ4v) is 4.50. The number of ether oxygens (including phenoxy) is 1. The molecule has 2 saturated carbocycles. The third-order valence-corrected chi connectivity index (χ3v) is 5.84. The van der Waals surface area contributed by atoms with Crippen LogP contribution in [0.25, 0.3) is 0 Å². The van der Waals surface area contributed by atoms with Crippen LogP contribution in [0.4, 0.5) is 0 Å². The van der Waals surface area contributed by atoms with Crippen LogP contribution < -0.4 is 15.8 Å². The zero-order valence-electron chi connectivity index (χ0n) is 14.9. The summed E-state index contributed by atoms with van der Waals surface area (Å²) in [6.07, 6.45) is 5.58. The van der Waals surface area contributed by atoms with Crippen molar-refractivity contribution in [1.29, 1.82) is 0 Å². The molecule has 2 bridgehead atoms. The summed E-state index contributed by atoms with van der Waals surface area (Å²) in [7, 11) is 0. The molecule has 4 heteroatoms. The summed E-state index contributed by atoms with van der Waals surface area (Å²) in [6, 6.07) is 6.44. The highest BCUT2D eigenvalue weighted by Crippen LogP contribution is 2.41. The fraction of sp³-hybridized carbons (Fsp3) is 0.650. The van der Waals surface area contributed by atoms with Crippen LogP contribution >= 0.6 is 0 Å². The van der Waals surface area contributed by atoms with E-state index in [1.807, 2.05) is 32.0 Å². The molecule has 2 fully saturated rings. The van der Waals surface area contributed by atoms with Crippen molar-refractivity contribution >= 4 is 5.91 Å². The highest BCUT2D eigenvalue weighted by atomic mass is 16.5. The summed E-state index contributed by atoms with van der Waals surface area (Å²) < 4.78 is 5.86. The number of benzene rings is 1. The molecule has 2 unspecified atom stereocenters. The first-order valence-electron chi connectivity index (χ1n) is 9.28. The number of carbonyl (C=O) groups excluding carboxylic acids is 1. The van der Waals surface area contributed by atoms with Gasteiger partial charge >= 0.3 is 0 Å². The predicted molar refractivity (Wildman–Crippen MR) is 96.0 cm³/mol. The molecule has 0 radical (unpaired) electrons. The van der Waals surface area contributed by atoms with Gasteiger partial charge in [-0.3, -0.25) is 4.79 Å². The molecule has 3 rings (SSSR count). The summed E-state index contributed by atoms with van der Waals surface area (Å²) in [6.45, 7) is 5.16. The molecule has 2 aliphatic carbocycles. The molecule has 132 valence electrons. The molecule has 3 N–H and O–H groups in total. The number of nitrogens with one attached hydrogen (secondary N) is 1. The lowest BCUT2D eigenvalue weighted by Crippen LogP contribution is -2.49. The molecule has 0 spiro atoms. The molecular formula is C20H30N2O2. The van der Waals surface area contributed by atoms with Crippen molar-refractivity contribution in [2.75, 3.05) is 13.2 Å². The van der Waals surface area contributed by atoms with Gasteiger partial charge in [-0.2, -0.15) is 0 Å². The maximum Gasteiger partial charge on any atom is 0.223 e. The smallest absolute Gasteiger partial charge is 0.223 e. The Labute approximate surface area is 145 Å². The molecule has 0 aliphatic heterocycles. The van der Waals surface area contributed by atoms with E-state index < -0.39 is 0 Å². The molecule has 1 aromatic carbocycles. The van der Waals surface area contributed by atoms with Gasteiger partial charge < -0.3 is 15.8 Å². The lowest BCUT2D eigenvalue weighted by Gasteiger charge is -2.43. The highest BCUT2D eigenvalue weighted by Gasteiger charge is 2.40.